The number of nitrogens with zero attached hydrogens (tertiary/aromatic N) is 3. The minimum Gasteiger partial charge on any atom is -0.462 e. The lowest BCUT2D eigenvalue weighted by Gasteiger charge is -2.02. The standard InChI is InChI=1S/C17H10F2N4O2S2/c18-13(19)16-22-23-17(27-16)21-14(24)12-11(9-5-2-1-3-6-9)20-15(26-12)10-7-4-8-25-10/h1-8,13H,(H,21,23,24). The molecule has 0 saturated carbocycles. The lowest BCUT2D eigenvalue weighted by atomic mass is 10.1. The van der Waals surface area contributed by atoms with Gasteiger partial charge in [0.25, 0.3) is 12.3 Å². The molecular formula is C17H10F2N4O2S2. The first kappa shape index (κ1) is 17.4. The molecule has 0 radical (unpaired) electrons. The summed E-state index contributed by atoms with van der Waals surface area (Å²) in [6.45, 7) is 0. The van der Waals surface area contributed by atoms with Crippen LogP contribution in [0.5, 0.6) is 0 Å². The Morgan fingerprint density at radius 2 is 1.89 bits per heavy atom. The van der Waals surface area contributed by atoms with Crippen molar-refractivity contribution in [3.63, 3.8) is 0 Å². The Labute approximate surface area is 159 Å². The van der Waals surface area contributed by atoms with Crippen molar-refractivity contribution in [1.82, 2.24) is 15.2 Å². The van der Waals surface area contributed by atoms with Crippen LogP contribution in [0, 0.1) is 0 Å². The van der Waals surface area contributed by atoms with Crippen molar-refractivity contribution < 1.29 is 18.0 Å². The van der Waals surface area contributed by atoms with Gasteiger partial charge in [0.1, 0.15) is 4.88 Å². The van der Waals surface area contributed by atoms with Gasteiger partial charge in [-0.1, -0.05) is 41.7 Å². The predicted molar refractivity (Wildman–Crippen MR) is 98.1 cm³/mol. The van der Waals surface area contributed by atoms with Crippen LogP contribution in [0.15, 0.2) is 53.1 Å². The van der Waals surface area contributed by atoms with Crippen molar-refractivity contribution in [3.05, 3.63) is 58.6 Å². The largest absolute Gasteiger partial charge is 0.462 e. The monoisotopic (exact) mass is 404 g/mol. The number of thiazole rings is 1. The third-order valence-corrected chi connectivity index (χ3v) is 5.38. The van der Waals surface area contributed by atoms with Crippen LogP contribution in [0.25, 0.3) is 22.0 Å². The summed E-state index contributed by atoms with van der Waals surface area (Å²) in [4.78, 5) is 17.6. The Balaban J connectivity index is 1.70. The van der Waals surface area contributed by atoms with Crippen LogP contribution >= 0.6 is 22.7 Å². The van der Waals surface area contributed by atoms with E-state index < -0.39 is 17.3 Å². The lowest BCUT2D eigenvalue weighted by molar-refractivity contribution is 0.103. The molecule has 3 heterocycles. The van der Waals surface area contributed by atoms with Gasteiger partial charge < -0.3 is 4.42 Å². The molecule has 4 rings (SSSR count). The number of furan rings is 1. The molecule has 0 atom stereocenters. The smallest absolute Gasteiger partial charge is 0.291 e. The van der Waals surface area contributed by atoms with E-state index in [1.165, 1.54) is 6.26 Å². The van der Waals surface area contributed by atoms with E-state index in [-0.39, 0.29) is 5.13 Å². The summed E-state index contributed by atoms with van der Waals surface area (Å²) < 4.78 is 30.7. The van der Waals surface area contributed by atoms with Gasteiger partial charge in [-0.25, -0.2) is 13.8 Å². The van der Waals surface area contributed by atoms with Crippen LogP contribution in [0.1, 0.15) is 21.1 Å². The van der Waals surface area contributed by atoms with Gasteiger partial charge in [0.05, 0.1) is 12.0 Å². The van der Waals surface area contributed by atoms with Crippen molar-refractivity contribution in [2.75, 3.05) is 5.32 Å². The average molecular weight is 404 g/mol. The number of carbonyl (C=O) groups excluding carboxylic acids is 1. The maximum atomic E-state index is 12.8. The third kappa shape index (κ3) is 3.62. The van der Waals surface area contributed by atoms with Crippen molar-refractivity contribution >= 4 is 33.7 Å². The summed E-state index contributed by atoms with van der Waals surface area (Å²) in [7, 11) is 0. The fourth-order valence-electron chi connectivity index (χ4n) is 2.30. The summed E-state index contributed by atoms with van der Waals surface area (Å²) in [5, 5.41) is 9.55. The van der Waals surface area contributed by atoms with Crippen molar-refractivity contribution in [2.45, 2.75) is 6.43 Å². The Hall–Kier alpha value is -2.98. The minimum atomic E-state index is -2.73. The van der Waals surface area contributed by atoms with Crippen molar-refractivity contribution in [3.8, 4) is 22.0 Å². The molecule has 4 aromatic rings. The van der Waals surface area contributed by atoms with Crippen LogP contribution in [-0.4, -0.2) is 21.1 Å². The molecule has 0 unspecified atom stereocenters. The Bertz CT molecular complexity index is 1060. The van der Waals surface area contributed by atoms with Gasteiger partial charge in [-0.2, -0.15) is 0 Å². The highest BCUT2D eigenvalue weighted by Gasteiger charge is 2.23. The van der Waals surface area contributed by atoms with E-state index in [0.717, 1.165) is 16.9 Å². The molecule has 6 nitrogen and oxygen atoms in total. The summed E-state index contributed by atoms with van der Waals surface area (Å²) in [6.07, 6.45) is -1.21. The molecule has 1 amide bonds. The lowest BCUT2D eigenvalue weighted by Crippen LogP contribution is -2.11. The Morgan fingerprint density at radius 3 is 2.56 bits per heavy atom. The number of hydrogen-bond acceptors (Lipinski definition) is 7. The van der Waals surface area contributed by atoms with Gasteiger partial charge in [-0.15, -0.1) is 21.5 Å². The summed E-state index contributed by atoms with van der Waals surface area (Å²) in [5.41, 5.74) is 1.23. The molecule has 0 bridgehead atoms. The highest BCUT2D eigenvalue weighted by Crippen LogP contribution is 2.35. The fourth-order valence-corrected chi connectivity index (χ4v) is 3.84. The van der Waals surface area contributed by atoms with E-state index >= 15 is 0 Å². The number of aromatic nitrogens is 3. The van der Waals surface area contributed by atoms with E-state index in [0.29, 0.717) is 32.7 Å². The van der Waals surface area contributed by atoms with Crippen LogP contribution in [0.2, 0.25) is 0 Å². The second-order valence-electron chi connectivity index (χ2n) is 5.24. The molecular weight excluding hydrogens is 394 g/mol. The molecule has 136 valence electrons. The van der Waals surface area contributed by atoms with Crippen molar-refractivity contribution in [2.24, 2.45) is 0 Å². The maximum Gasteiger partial charge on any atom is 0.291 e. The zero-order valence-corrected chi connectivity index (χ0v) is 15.1. The van der Waals surface area contributed by atoms with Gasteiger partial charge in [-0.3, -0.25) is 10.1 Å². The fraction of sp³-hybridized carbons (Fsp3) is 0.0588. The molecule has 0 saturated heterocycles. The highest BCUT2D eigenvalue weighted by molar-refractivity contribution is 7.18. The molecule has 27 heavy (non-hydrogen) atoms. The minimum absolute atomic E-state index is 0.00209. The van der Waals surface area contributed by atoms with Crippen LogP contribution in [0.3, 0.4) is 0 Å². The predicted octanol–water partition coefficient (Wildman–Crippen LogP) is 5.11. The molecule has 0 aliphatic rings. The number of hydrogen-bond donors (Lipinski definition) is 1. The highest BCUT2D eigenvalue weighted by atomic mass is 32.1. The number of alkyl halides is 2. The second kappa shape index (κ2) is 7.33. The normalized spacial score (nSPS) is 11.1. The van der Waals surface area contributed by atoms with Gasteiger partial charge in [-0.05, 0) is 12.1 Å². The zero-order chi connectivity index (χ0) is 18.8. The SMILES string of the molecule is O=C(Nc1nnc(C(F)F)s1)c1sc(-c2ccco2)nc1-c1ccccc1. The molecule has 3 aromatic heterocycles. The number of nitrogens with one attached hydrogen (secondary N) is 1. The average Bonchev–Trinajstić information content (AvgIpc) is 3.42. The number of anilines is 1. The quantitative estimate of drug-likeness (QED) is 0.500. The topological polar surface area (TPSA) is 80.9 Å². The first-order valence-corrected chi connectivity index (χ1v) is 9.28. The Kier molecular flexibility index (Phi) is 4.73. The number of benzene rings is 1. The second-order valence-corrected chi connectivity index (χ2v) is 7.25. The Morgan fingerprint density at radius 1 is 1.07 bits per heavy atom. The van der Waals surface area contributed by atoms with Crippen LogP contribution < -0.4 is 5.32 Å². The van der Waals surface area contributed by atoms with Crippen LogP contribution in [0.4, 0.5) is 13.9 Å². The van der Waals surface area contributed by atoms with E-state index in [9.17, 15) is 13.6 Å². The summed E-state index contributed by atoms with van der Waals surface area (Å²) in [6, 6.07) is 12.7. The van der Waals surface area contributed by atoms with E-state index in [1.54, 1.807) is 12.1 Å². The molecule has 0 spiro atoms. The van der Waals surface area contributed by atoms with Crippen molar-refractivity contribution in [1.29, 1.82) is 0 Å². The molecule has 0 aliphatic carbocycles. The molecule has 0 aliphatic heterocycles. The van der Waals surface area contributed by atoms with Gasteiger partial charge in [0.15, 0.2) is 15.8 Å². The molecule has 10 heteroatoms. The number of halogens is 2. The number of amides is 1. The zero-order valence-electron chi connectivity index (χ0n) is 13.4. The van der Waals surface area contributed by atoms with E-state index in [4.69, 9.17) is 4.42 Å². The van der Waals surface area contributed by atoms with Crippen LogP contribution in [-0.2, 0) is 0 Å². The van der Waals surface area contributed by atoms with E-state index in [1.807, 2.05) is 30.3 Å². The molecule has 1 N–H and O–H groups in total. The van der Waals surface area contributed by atoms with E-state index in [2.05, 4.69) is 20.5 Å². The first-order valence-electron chi connectivity index (χ1n) is 7.65. The summed E-state index contributed by atoms with van der Waals surface area (Å²) >= 11 is 1.78. The molecule has 1 aromatic carbocycles. The number of rotatable bonds is 5. The maximum absolute atomic E-state index is 12.8. The van der Waals surface area contributed by atoms with Gasteiger partial charge >= 0.3 is 0 Å². The van der Waals surface area contributed by atoms with Gasteiger partial charge in [0.2, 0.25) is 5.13 Å². The first-order chi connectivity index (χ1) is 13.1. The third-order valence-electron chi connectivity index (χ3n) is 3.46. The molecule has 0 fully saturated rings. The number of carbonyl (C=O) groups is 1. The summed E-state index contributed by atoms with van der Waals surface area (Å²) in [5.74, 6) is 0.0354. The van der Waals surface area contributed by atoms with Gasteiger partial charge in [0, 0.05) is 5.56 Å².